The maximum Gasteiger partial charge on any atom is 0.203 e. The lowest BCUT2D eigenvalue weighted by atomic mass is 10.1. The van der Waals surface area contributed by atoms with Gasteiger partial charge in [-0.1, -0.05) is 76.4 Å². The van der Waals surface area contributed by atoms with Crippen LogP contribution in [0.25, 0.3) is 11.0 Å². The Balaban J connectivity index is 1.42. The zero-order chi connectivity index (χ0) is 24.5. The maximum absolute atomic E-state index is 10.9. The van der Waals surface area contributed by atoms with Crippen LogP contribution in [0, 0.1) is 12.3 Å². The fourth-order valence-corrected chi connectivity index (χ4v) is 4.47. The minimum atomic E-state index is -0.853. The number of hydrogen-bond donors (Lipinski definition) is 2. The number of rotatable bonds is 7. The molecule has 178 valence electrons. The normalized spacial score (nSPS) is 12.3. The number of fused-ring (bicyclic) bond motifs is 1. The van der Waals surface area contributed by atoms with Gasteiger partial charge in [-0.25, -0.2) is 4.68 Å². The molecule has 9 heteroatoms. The lowest BCUT2D eigenvalue weighted by Crippen LogP contribution is -2.27. The highest BCUT2D eigenvalue weighted by molar-refractivity contribution is 6.42. The monoisotopic (exact) mass is 506 g/mol. The quantitative estimate of drug-likeness (QED) is 0.327. The van der Waals surface area contributed by atoms with Gasteiger partial charge >= 0.3 is 0 Å². The average molecular weight is 507 g/mol. The Morgan fingerprint density at radius 3 is 2.34 bits per heavy atom. The molecule has 0 aliphatic carbocycles. The fraction of sp³-hybridized carbons (Fsp3) is 0.192. The van der Waals surface area contributed by atoms with Crippen molar-refractivity contribution in [1.29, 1.82) is 5.41 Å². The smallest absolute Gasteiger partial charge is 0.203 e. The van der Waals surface area contributed by atoms with Gasteiger partial charge in [0, 0.05) is 0 Å². The summed E-state index contributed by atoms with van der Waals surface area (Å²) >= 11 is 12.2. The van der Waals surface area contributed by atoms with E-state index in [4.69, 9.17) is 28.6 Å². The zero-order valence-corrected chi connectivity index (χ0v) is 20.6. The highest BCUT2D eigenvalue weighted by Crippen LogP contribution is 2.27. The molecule has 2 N–H and O–H groups in total. The van der Waals surface area contributed by atoms with E-state index in [9.17, 15) is 5.11 Å². The van der Waals surface area contributed by atoms with Crippen LogP contribution in [0.4, 0.5) is 0 Å². The van der Waals surface area contributed by atoms with Crippen LogP contribution in [0.15, 0.2) is 72.9 Å². The van der Waals surface area contributed by atoms with E-state index in [1.165, 1.54) is 5.56 Å². The van der Waals surface area contributed by atoms with E-state index >= 15 is 0 Å². The van der Waals surface area contributed by atoms with E-state index in [0.717, 1.165) is 22.3 Å². The summed E-state index contributed by atoms with van der Waals surface area (Å²) in [6.45, 7) is 3.28. The molecule has 2 aromatic heterocycles. The second-order valence-corrected chi connectivity index (χ2v) is 9.41. The zero-order valence-electron chi connectivity index (χ0n) is 19.1. The third-order valence-electron chi connectivity index (χ3n) is 6.03. The first-order valence-electron chi connectivity index (χ1n) is 11.2. The molecule has 0 aliphatic rings. The SMILES string of the molecule is Cc1ccc(Cn2cc(Cn3c(=N)n(CC(O)c4ccc(Cl)c(Cl)c4)c4ccccc43)nn2)cc1. The van der Waals surface area contributed by atoms with Crippen LogP contribution in [0.2, 0.25) is 10.0 Å². The van der Waals surface area contributed by atoms with Crippen LogP contribution in [-0.2, 0) is 19.6 Å². The van der Waals surface area contributed by atoms with E-state index in [0.29, 0.717) is 28.7 Å². The summed E-state index contributed by atoms with van der Waals surface area (Å²) in [4.78, 5) is 0. The van der Waals surface area contributed by atoms with E-state index < -0.39 is 6.10 Å². The van der Waals surface area contributed by atoms with Gasteiger partial charge < -0.3 is 14.2 Å². The van der Waals surface area contributed by atoms with Crippen molar-refractivity contribution in [2.45, 2.75) is 32.7 Å². The van der Waals surface area contributed by atoms with Crippen molar-refractivity contribution in [3.05, 3.63) is 111 Å². The van der Waals surface area contributed by atoms with Crippen molar-refractivity contribution in [3.63, 3.8) is 0 Å². The predicted molar refractivity (Wildman–Crippen MR) is 137 cm³/mol. The lowest BCUT2D eigenvalue weighted by Gasteiger charge is -2.13. The first-order valence-corrected chi connectivity index (χ1v) is 11.9. The molecular formula is C26H24Cl2N6O. The maximum atomic E-state index is 10.9. The minimum absolute atomic E-state index is 0.199. The molecule has 2 heterocycles. The van der Waals surface area contributed by atoms with E-state index in [1.54, 1.807) is 27.4 Å². The van der Waals surface area contributed by atoms with Crippen LogP contribution >= 0.6 is 23.2 Å². The number of imidazole rings is 1. The van der Waals surface area contributed by atoms with Gasteiger partial charge in [0.2, 0.25) is 5.62 Å². The van der Waals surface area contributed by atoms with Crippen LogP contribution in [-0.4, -0.2) is 29.2 Å². The summed E-state index contributed by atoms with van der Waals surface area (Å²) < 4.78 is 5.47. The Morgan fingerprint density at radius 2 is 1.63 bits per heavy atom. The first-order chi connectivity index (χ1) is 16.9. The number of nitrogens with zero attached hydrogens (tertiary/aromatic N) is 5. The molecule has 0 saturated heterocycles. The number of halogens is 2. The molecule has 0 aliphatic heterocycles. The Kier molecular flexibility index (Phi) is 6.47. The summed E-state index contributed by atoms with van der Waals surface area (Å²) in [6.07, 6.45) is 1.05. The molecule has 5 rings (SSSR count). The summed E-state index contributed by atoms with van der Waals surface area (Å²) in [7, 11) is 0. The van der Waals surface area contributed by atoms with Crippen LogP contribution < -0.4 is 5.62 Å². The highest BCUT2D eigenvalue weighted by atomic mass is 35.5. The molecule has 0 saturated carbocycles. The molecule has 0 amide bonds. The summed E-state index contributed by atoms with van der Waals surface area (Å²) in [6, 6.07) is 21.2. The number of para-hydroxylation sites is 2. The Morgan fingerprint density at radius 1 is 0.914 bits per heavy atom. The van der Waals surface area contributed by atoms with Gasteiger partial charge in [-0.2, -0.15) is 0 Å². The van der Waals surface area contributed by atoms with Crippen LogP contribution in [0.3, 0.4) is 0 Å². The van der Waals surface area contributed by atoms with Gasteiger partial charge in [0.15, 0.2) is 0 Å². The molecule has 0 radical (unpaired) electrons. The molecule has 0 bridgehead atoms. The second kappa shape index (κ2) is 9.70. The van der Waals surface area contributed by atoms with Crippen molar-refractivity contribution in [2.75, 3.05) is 0 Å². The molecule has 0 fully saturated rings. The van der Waals surface area contributed by atoms with Crippen molar-refractivity contribution >= 4 is 34.2 Å². The topological polar surface area (TPSA) is 84.7 Å². The summed E-state index contributed by atoms with van der Waals surface area (Å²) in [5.74, 6) is 0. The van der Waals surface area contributed by atoms with Gasteiger partial charge in [-0.15, -0.1) is 5.10 Å². The Labute approximate surface area is 212 Å². The summed E-state index contributed by atoms with van der Waals surface area (Å²) in [5.41, 5.74) is 5.75. The largest absolute Gasteiger partial charge is 0.387 e. The Hall–Kier alpha value is -3.39. The number of aromatic nitrogens is 5. The second-order valence-electron chi connectivity index (χ2n) is 8.59. The van der Waals surface area contributed by atoms with Crippen molar-refractivity contribution in [2.24, 2.45) is 0 Å². The lowest BCUT2D eigenvalue weighted by molar-refractivity contribution is 0.155. The molecule has 5 aromatic rings. The molecule has 3 aromatic carbocycles. The van der Waals surface area contributed by atoms with Gasteiger partial charge in [0.25, 0.3) is 0 Å². The fourth-order valence-electron chi connectivity index (χ4n) is 4.17. The number of aliphatic hydroxyl groups excluding tert-OH is 1. The van der Waals surface area contributed by atoms with Gasteiger partial charge in [-0.3, -0.25) is 5.41 Å². The van der Waals surface area contributed by atoms with Crippen molar-refractivity contribution in [3.8, 4) is 0 Å². The molecule has 35 heavy (non-hydrogen) atoms. The van der Waals surface area contributed by atoms with Gasteiger partial charge in [0.1, 0.15) is 5.69 Å². The van der Waals surface area contributed by atoms with Crippen molar-refractivity contribution < 1.29 is 5.11 Å². The number of aliphatic hydroxyl groups is 1. The molecule has 0 spiro atoms. The number of nitrogens with one attached hydrogen (secondary N) is 1. The minimum Gasteiger partial charge on any atom is -0.387 e. The number of hydrogen-bond acceptors (Lipinski definition) is 4. The highest BCUT2D eigenvalue weighted by Gasteiger charge is 2.17. The van der Waals surface area contributed by atoms with E-state index in [2.05, 4.69) is 41.5 Å². The average Bonchev–Trinajstić information content (AvgIpc) is 3.40. The van der Waals surface area contributed by atoms with Crippen molar-refractivity contribution in [1.82, 2.24) is 24.1 Å². The number of benzene rings is 3. The molecular weight excluding hydrogens is 483 g/mol. The van der Waals surface area contributed by atoms with E-state index in [-0.39, 0.29) is 12.2 Å². The molecule has 1 unspecified atom stereocenters. The van der Waals surface area contributed by atoms with Gasteiger partial charge in [0.05, 0.1) is 53.0 Å². The van der Waals surface area contributed by atoms with E-state index in [1.807, 2.05) is 35.0 Å². The van der Waals surface area contributed by atoms with Gasteiger partial charge in [-0.05, 0) is 42.3 Å². The number of aryl methyl sites for hydroxylation is 1. The standard InChI is InChI=1S/C26H24Cl2N6O/c1-17-6-8-18(9-7-17)13-32-14-20(30-31-32)15-33-23-4-2-3-5-24(23)34(26(33)29)16-25(35)19-10-11-21(27)22(28)12-19/h2-12,14,25,29,35H,13,15-16H2,1H3. The summed E-state index contributed by atoms with van der Waals surface area (Å²) in [5, 5.41) is 29.2. The third-order valence-corrected chi connectivity index (χ3v) is 6.77. The van der Waals surface area contributed by atoms with Crippen LogP contribution in [0.1, 0.15) is 28.5 Å². The molecule has 7 nitrogen and oxygen atoms in total. The molecule has 1 atom stereocenters. The Bertz CT molecular complexity index is 1550. The van der Waals surface area contributed by atoms with Crippen LogP contribution in [0.5, 0.6) is 0 Å². The first kappa shape index (κ1) is 23.4. The third kappa shape index (κ3) is 4.89. The predicted octanol–water partition coefficient (Wildman–Crippen LogP) is 4.96.